The van der Waals surface area contributed by atoms with Crippen molar-refractivity contribution >= 4 is 23.6 Å². The van der Waals surface area contributed by atoms with E-state index >= 15 is 0 Å². The van der Waals surface area contributed by atoms with Crippen molar-refractivity contribution in [1.82, 2.24) is 20.1 Å². The third-order valence-electron chi connectivity index (χ3n) is 4.91. The molecule has 1 aliphatic carbocycles. The lowest BCUT2D eigenvalue weighted by Crippen LogP contribution is -2.76. The molecule has 0 saturated heterocycles. The third kappa shape index (κ3) is 3.52. The number of carbonyl (C=O) groups is 2. The lowest BCUT2D eigenvalue weighted by Gasteiger charge is -2.58. The second kappa shape index (κ2) is 7.33. The van der Waals surface area contributed by atoms with E-state index in [2.05, 4.69) is 15.5 Å². The van der Waals surface area contributed by atoms with Crippen LogP contribution in [0.15, 0.2) is 11.5 Å². The summed E-state index contributed by atoms with van der Waals surface area (Å²) in [5.74, 6) is -1.29. The molecule has 1 heterocycles. The highest BCUT2D eigenvalue weighted by atomic mass is 32.2. The molecule has 2 atom stereocenters. The number of thioether (sulfide) groups is 1. The Bertz CT molecular complexity index is 646. The highest BCUT2D eigenvalue weighted by molar-refractivity contribution is 7.99. The lowest BCUT2D eigenvalue weighted by molar-refractivity contribution is -0.194. The first-order valence-corrected chi connectivity index (χ1v) is 9.32. The molecule has 0 spiro atoms. The van der Waals surface area contributed by atoms with Gasteiger partial charge in [-0.15, -0.1) is 10.2 Å². The third-order valence-corrected chi connectivity index (χ3v) is 5.87. The summed E-state index contributed by atoms with van der Waals surface area (Å²) in [5, 5.41) is 20.9. The van der Waals surface area contributed by atoms with Gasteiger partial charge >= 0.3 is 5.97 Å². The molecule has 0 radical (unpaired) electrons. The van der Waals surface area contributed by atoms with Gasteiger partial charge in [0.15, 0.2) is 5.16 Å². The van der Waals surface area contributed by atoms with Crippen LogP contribution in [0.4, 0.5) is 0 Å². The molecule has 1 amide bonds. The second-order valence-electron chi connectivity index (χ2n) is 7.03. The van der Waals surface area contributed by atoms with Crippen LogP contribution in [-0.4, -0.2) is 55.8 Å². The van der Waals surface area contributed by atoms with E-state index in [1.54, 1.807) is 6.33 Å². The fourth-order valence-corrected chi connectivity index (χ4v) is 3.97. The van der Waals surface area contributed by atoms with E-state index in [0.29, 0.717) is 11.8 Å². The van der Waals surface area contributed by atoms with Gasteiger partial charge < -0.3 is 19.7 Å². The Hall–Kier alpha value is -1.61. The van der Waals surface area contributed by atoms with E-state index in [0.717, 1.165) is 0 Å². The van der Waals surface area contributed by atoms with Crippen molar-refractivity contribution in [3.8, 4) is 0 Å². The number of hydrogen-bond acceptors (Lipinski definition) is 6. The predicted molar refractivity (Wildman–Crippen MR) is 93.5 cm³/mol. The zero-order valence-electron chi connectivity index (χ0n) is 15.3. The summed E-state index contributed by atoms with van der Waals surface area (Å²) in [4.78, 5) is 24.3. The molecule has 2 rings (SSSR count). The number of hydrogen-bond donors (Lipinski definition) is 2. The van der Waals surface area contributed by atoms with Gasteiger partial charge in [-0.05, 0) is 20.8 Å². The van der Waals surface area contributed by atoms with Gasteiger partial charge in [0.25, 0.3) is 0 Å². The largest absolute Gasteiger partial charge is 0.479 e. The first kappa shape index (κ1) is 19.7. The summed E-state index contributed by atoms with van der Waals surface area (Å²) < 4.78 is 7.46. The number of nitrogens with zero attached hydrogens (tertiary/aromatic N) is 3. The number of carbonyl (C=O) groups excluding carboxylic acids is 1. The topological polar surface area (TPSA) is 106 Å². The normalized spacial score (nSPS) is 24.8. The van der Waals surface area contributed by atoms with E-state index in [-0.39, 0.29) is 30.2 Å². The Balaban J connectivity index is 2.02. The lowest BCUT2D eigenvalue weighted by atomic mass is 9.54. The van der Waals surface area contributed by atoms with Crippen molar-refractivity contribution in [2.75, 3.05) is 12.4 Å². The first-order chi connectivity index (χ1) is 11.7. The first-order valence-electron chi connectivity index (χ1n) is 8.34. The van der Waals surface area contributed by atoms with Gasteiger partial charge in [0, 0.05) is 24.5 Å². The van der Waals surface area contributed by atoms with Crippen LogP contribution in [0, 0.1) is 5.41 Å². The number of ether oxygens (including phenoxy) is 1. The zero-order valence-corrected chi connectivity index (χ0v) is 16.1. The number of rotatable bonds is 8. The molecule has 8 nitrogen and oxygen atoms in total. The highest BCUT2D eigenvalue weighted by Crippen LogP contribution is 2.51. The highest BCUT2D eigenvalue weighted by Gasteiger charge is 2.66. The second-order valence-corrected chi connectivity index (χ2v) is 7.97. The zero-order chi connectivity index (χ0) is 18.8. The maximum absolute atomic E-state index is 12.4. The van der Waals surface area contributed by atoms with E-state index in [4.69, 9.17) is 4.74 Å². The molecule has 9 heteroatoms. The summed E-state index contributed by atoms with van der Waals surface area (Å²) >= 11 is 1.24. The summed E-state index contributed by atoms with van der Waals surface area (Å²) in [6.07, 6.45) is 1.69. The molecule has 25 heavy (non-hydrogen) atoms. The number of carboxylic acids is 1. The molecule has 0 aromatic carbocycles. The summed E-state index contributed by atoms with van der Waals surface area (Å²) in [6.45, 7) is 10.0. The van der Waals surface area contributed by atoms with Gasteiger partial charge in [-0.1, -0.05) is 25.6 Å². The Morgan fingerprint density at radius 1 is 1.52 bits per heavy atom. The molecule has 1 aromatic rings. The molecule has 1 aliphatic rings. The fourth-order valence-electron chi connectivity index (χ4n) is 3.13. The average molecular weight is 370 g/mol. The van der Waals surface area contributed by atoms with Crippen molar-refractivity contribution in [3.05, 3.63) is 6.33 Å². The molecule has 1 saturated carbocycles. The van der Waals surface area contributed by atoms with Crippen molar-refractivity contribution in [2.45, 2.75) is 63.9 Å². The summed E-state index contributed by atoms with van der Waals surface area (Å²) in [7, 11) is 0. The van der Waals surface area contributed by atoms with Crippen molar-refractivity contribution in [3.63, 3.8) is 0 Å². The minimum absolute atomic E-state index is 0.0792. The smallest absolute Gasteiger partial charge is 0.330 e. The summed E-state index contributed by atoms with van der Waals surface area (Å²) in [6, 6.07) is 0.184. The Morgan fingerprint density at radius 3 is 2.72 bits per heavy atom. The minimum atomic E-state index is -1.31. The van der Waals surface area contributed by atoms with Crippen LogP contribution in [0.25, 0.3) is 0 Å². The van der Waals surface area contributed by atoms with Crippen LogP contribution in [0.2, 0.25) is 0 Å². The van der Waals surface area contributed by atoms with Crippen LogP contribution >= 0.6 is 11.8 Å². The predicted octanol–water partition coefficient (Wildman–Crippen LogP) is 1.73. The quantitative estimate of drug-likeness (QED) is 0.671. The van der Waals surface area contributed by atoms with E-state index in [9.17, 15) is 14.7 Å². The van der Waals surface area contributed by atoms with E-state index < -0.39 is 16.9 Å². The van der Waals surface area contributed by atoms with Gasteiger partial charge in [-0.3, -0.25) is 4.79 Å². The van der Waals surface area contributed by atoms with Gasteiger partial charge in [-0.25, -0.2) is 4.79 Å². The maximum Gasteiger partial charge on any atom is 0.330 e. The number of aliphatic carboxylic acids is 1. The molecule has 1 aromatic heterocycles. The van der Waals surface area contributed by atoms with Gasteiger partial charge in [0.05, 0.1) is 11.9 Å². The van der Waals surface area contributed by atoms with Crippen LogP contribution < -0.4 is 5.32 Å². The van der Waals surface area contributed by atoms with Crippen LogP contribution in [-0.2, 0) is 14.3 Å². The SMILES string of the molecule is CCOC1CC(NC(=O)CSc2nncn2C(C)C)(C(=O)O)C1(C)C. The number of nitrogens with one attached hydrogen (secondary N) is 1. The Kier molecular flexibility index (Phi) is 5.78. The molecule has 2 N–H and O–H groups in total. The number of amides is 1. The van der Waals surface area contributed by atoms with Gasteiger partial charge in [-0.2, -0.15) is 0 Å². The number of carboxylic acid groups (broad SMARTS) is 1. The van der Waals surface area contributed by atoms with Crippen LogP contribution in [0.3, 0.4) is 0 Å². The van der Waals surface area contributed by atoms with Crippen molar-refractivity contribution < 1.29 is 19.4 Å². The standard InChI is InChI=1S/C16H26N4O4S/c1-6-24-11-7-16(13(22)23,15(11,4)5)18-12(21)8-25-14-19-17-9-20(14)10(2)3/h9-11H,6-8H2,1-5H3,(H,18,21)(H,22,23). The molecular weight excluding hydrogens is 344 g/mol. The molecule has 1 fully saturated rings. The van der Waals surface area contributed by atoms with Gasteiger partial charge in [0.1, 0.15) is 11.9 Å². The average Bonchev–Trinajstić information content (AvgIpc) is 3.00. The monoisotopic (exact) mass is 370 g/mol. The number of aromatic nitrogens is 3. The van der Waals surface area contributed by atoms with Crippen molar-refractivity contribution in [2.24, 2.45) is 5.41 Å². The molecule has 140 valence electrons. The molecule has 2 unspecified atom stereocenters. The van der Waals surface area contributed by atoms with E-state index in [1.165, 1.54) is 11.8 Å². The minimum Gasteiger partial charge on any atom is -0.479 e. The molecular formula is C16H26N4O4S. The molecule has 0 bridgehead atoms. The Labute approximate surface area is 151 Å². The van der Waals surface area contributed by atoms with Crippen LogP contribution in [0.5, 0.6) is 0 Å². The van der Waals surface area contributed by atoms with Gasteiger partial charge in [0.2, 0.25) is 5.91 Å². The molecule has 0 aliphatic heterocycles. The van der Waals surface area contributed by atoms with E-state index in [1.807, 2.05) is 39.2 Å². The fraction of sp³-hybridized carbons (Fsp3) is 0.750. The van der Waals surface area contributed by atoms with Crippen LogP contribution in [0.1, 0.15) is 47.1 Å². The Morgan fingerprint density at radius 2 is 2.20 bits per heavy atom. The van der Waals surface area contributed by atoms with Crippen molar-refractivity contribution in [1.29, 1.82) is 0 Å². The maximum atomic E-state index is 12.4. The summed E-state index contributed by atoms with van der Waals surface area (Å²) in [5.41, 5.74) is -2.00.